The molecule has 0 spiro atoms. The number of ether oxygens (including phenoxy) is 5. The van der Waals surface area contributed by atoms with Crippen molar-refractivity contribution in [1.82, 2.24) is 9.97 Å². The van der Waals surface area contributed by atoms with E-state index in [0.29, 0.717) is 35.2 Å². The molecule has 6 rings (SSSR count). The van der Waals surface area contributed by atoms with Gasteiger partial charge in [-0.3, -0.25) is 0 Å². The molecule has 0 N–H and O–H groups in total. The first-order valence-electron chi connectivity index (χ1n) is 16.2. The van der Waals surface area contributed by atoms with Crippen molar-refractivity contribution in [2.24, 2.45) is 0 Å². The third kappa shape index (κ3) is 13.5. The summed E-state index contributed by atoms with van der Waals surface area (Å²) >= 11 is 16.2. The van der Waals surface area contributed by atoms with Crippen LogP contribution in [0.2, 0.25) is 0 Å². The third-order valence-corrected chi connectivity index (χ3v) is 10.5. The SMILES string of the molecule is COC(=O)C(F)(F)S(=O)(=O)F.COc1ccc2nc(Br)c(OCc3ccccc3)c(Br)c2c1.COc1ccc2nc(C(F)(F)F)c(OCc3ccccc3)c(Br)c2c1.[Cu][I]. The molecule has 0 atom stereocenters. The number of esters is 1. The molecule has 326 valence electrons. The molecule has 0 aliphatic heterocycles. The number of fused-ring (bicyclic) bond motifs is 2. The maximum absolute atomic E-state index is 13.4. The van der Waals surface area contributed by atoms with Crippen molar-refractivity contribution in [1.29, 1.82) is 0 Å². The van der Waals surface area contributed by atoms with E-state index in [9.17, 15) is 39.1 Å². The molecular weight excluding hydrogens is 1190 g/mol. The molecule has 0 fully saturated rings. The summed E-state index contributed by atoms with van der Waals surface area (Å²) in [4.78, 5) is 18.2. The van der Waals surface area contributed by atoms with E-state index in [2.05, 4.69) is 75.3 Å². The Bertz CT molecular complexity index is 2500. The van der Waals surface area contributed by atoms with Crippen LogP contribution in [-0.2, 0) is 51.9 Å². The predicted octanol–water partition coefficient (Wildman–Crippen LogP) is 11.9. The van der Waals surface area contributed by atoms with Gasteiger partial charge in [0, 0.05) is 10.8 Å². The van der Waals surface area contributed by atoms with Crippen LogP contribution in [0.4, 0.5) is 25.8 Å². The molecule has 4 aromatic carbocycles. The number of alkyl halides is 5. The molecule has 0 saturated heterocycles. The summed E-state index contributed by atoms with van der Waals surface area (Å²) in [5, 5.41) is -3.68. The van der Waals surface area contributed by atoms with Crippen molar-refractivity contribution in [3.05, 3.63) is 127 Å². The number of pyridine rings is 2. The molecule has 0 saturated carbocycles. The summed E-state index contributed by atoms with van der Waals surface area (Å²) in [5.41, 5.74) is 1.87. The van der Waals surface area contributed by atoms with E-state index in [-0.39, 0.29) is 22.3 Å². The van der Waals surface area contributed by atoms with E-state index in [0.717, 1.165) is 32.3 Å². The quantitative estimate of drug-likeness (QED) is 0.0327. The van der Waals surface area contributed by atoms with Crippen LogP contribution in [-0.4, -0.2) is 50.9 Å². The Hall–Kier alpha value is -3.41. The average molecular weight is 1220 g/mol. The number of hydrogen-bond acceptors (Lipinski definition) is 10. The van der Waals surface area contributed by atoms with Crippen LogP contribution in [0.5, 0.6) is 23.0 Å². The van der Waals surface area contributed by atoms with E-state index >= 15 is 0 Å². The Morgan fingerprint density at radius 1 is 0.683 bits per heavy atom. The Kier molecular flexibility index (Phi) is 19.7. The van der Waals surface area contributed by atoms with E-state index in [1.54, 1.807) is 63.9 Å². The van der Waals surface area contributed by atoms with Gasteiger partial charge >= 0.3 is 60.7 Å². The summed E-state index contributed by atoms with van der Waals surface area (Å²) in [6.45, 7) is 0.481. The molecular formula is C38H29Br3CuF6IN2O8S. The zero-order valence-electron chi connectivity index (χ0n) is 30.8. The van der Waals surface area contributed by atoms with Crippen LogP contribution in [0, 0.1) is 0 Å². The number of methoxy groups -OCH3 is 3. The number of rotatable bonds is 10. The summed E-state index contributed by atoms with van der Waals surface area (Å²) in [6.07, 6.45) is -4.64. The minimum absolute atomic E-state index is 0.000322. The van der Waals surface area contributed by atoms with Gasteiger partial charge in [-0.05, 0) is 95.3 Å². The number of nitrogens with zero attached hydrogens (tertiary/aromatic N) is 2. The van der Waals surface area contributed by atoms with Gasteiger partial charge in [0.05, 0.1) is 41.3 Å². The van der Waals surface area contributed by atoms with Gasteiger partial charge in [0.25, 0.3) is 0 Å². The molecule has 60 heavy (non-hydrogen) atoms. The molecule has 22 heteroatoms. The van der Waals surface area contributed by atoms with E-state index in [1.165, 1.54) is 13.2 Å². The average Bonchev–Trinajstić information content (AvgIpc) is 3.23. The molecule has 0 bridgehead atoms. The van der Waals surface area contributed by atoms with Crippen LogP contribution >= 0.6 is 68.1 Å². The van der Waals surface area contributed by atoms with E-state index < -0.39 is 33.3 Å². The predicted molar refractivity (Wildman–Crippen MR) is 227 cm³/mol. The minimum atomic E-state index is -6.22. The summed E-state index contributed by atoms with van der Waals surface area (Å²) in [7, 11) is -2.57. The van der Waals surface area contributed by atoms with Crippen molar-refractivity contribution >= 4 is 106 Å². The molecule has 0 radical (unpaired) electrons. The van der Waals surface area contributed by atoms with Gasteiger partial charge in [-0.2, -0.15) is 30.4 Å². The first-order valence-corrected chi connectivity index (χ1v) is 23.0. The van der Waals surface area contributed by atoms with E-state index in [1.807, 2.05) is 54.6 Å². The second kappa shape index (κ2) is 23.2. The zero-order valence-corrected chi connectivity index (χ0v) is 39.5. The standard InChI is InChI=1S/C18H13BrF3NO2.C17H13Br2NO2.C3H3F3O4S.Cu.HI/c1-24-12-7-8-14-13(9-12)15(19)16(17(23-14)18(20,21)22)25-10-11-5-3-2-4-6-11;1-21-12-7-8-14-13(9-12)15(18)16(17(19)20-14)22-10-11-5-3-2-4-6-11;1-10-2(7)3(4,5)11(6,8)9;;/h2-9H,10H2,1H3;2-9H,10H2,1H3;1H3;;1H/q;;;+1;/p-1. The zero-order chi connectivity index (χ0) is 44.8. The van der Waals surface area contributed by atoms with Crippen molar-refractivity contribution in [2.75, 3.05) is 21.3 Å². The normalized spacial score (nSPS) is 11.2. The fourth-order valence-corrected chi connectivity index (χ4v) is 7.01. The summed E-state index contributed by atoms with van der Waals surface area (Å²) < 4.78 is 122. The first kappa shape index (κ1) is 50.9. The van der Waals surface area contributed by atoms with Crippen LogP contribution in [0.1, 0.15) is 16.8 Å². The fourth-order valence-electron chi connectivity index (χ4n) is 4.72. The maximum atomic E-state index is 13.4. The second-order valence-electron chi connectivity index (χ2n) is 11.4. The van der Waals surface area contributed by atoms with Crippen LogP contribution in [0.3, 0.4) is 0 Å². The number of benzene rings is 4. The van der Waals surface area contributed by atoms with Crippen molar-refractivity contribution in [3.8, 4) is 23.0 Å². The monoisotopic (exact) mass is 1210 g/mol. The van der Waals surface area contributed by atoms with Crippen LogP contribution in [0.15, 0.2) is 111 Å². The summed E-state index contributed by atoms with van der Waals surface area (Å²) in [6, 6.07) is 29.4. The number of hydrogen-bond donors (Lipinski definition) is 0. The molecule has 0 aliphatic rings. The third-order valence-electron chi connectivity index (χ3n) is 7.58. The Balaban J connectivity index is 0.000000252. The topological polar surface area (TPSA) is 123 Å². The van der Waals surface area contributed by atoms with Crippen molar-refractivity contribution in [2.45, 2.75) is 24.6 Å². The number of halogens is 10. The van der Waals surface area contributed by atoms with E-state index in [4.69, 9.17) is 18.9 Å². The van der Waals surface area contributed by atoms with Gasteiger partial charge in [-0.15, -0.1) is 0 Å². The second-order valence-corrected chi connectivity index (χ2v) is 15.1. The van der Waals surface area contributed by atoms with Crippen LogP contribution < -0.4 is 18.9 Å². The number of aromatic nitrogens is 2. The Morgan fingerprint density at radius 3 is 1.48 bits per heavy atom. The van der Waals surface area contributed by atoms with Crippen LogP contribution in [0.25, 0.3) is 21.8 Å². The van der Waals surface area contributed by atoms with Gasteiger partial charge in [-0.1, -0.05) is 64.5 Å². The molecule has 2 heterocycles. The van der Waals surface area contributed by atoms with Gasteiger partial charge < -0.3 is 23.7 Å². The van der Waals surface area contributed by atoms with Gasteiger partial charge in [0.1, 0.15) is 29.3 Å². The van der Waals surface area contributed by atoms with Gasteiger partial charge in [0.15, 0.2) is 17.2 Å². The molecule has 0 amide bonds. The van der Waals surface area contributed by atoms with Gasteiger partial charge in [0.2, 0.25) is 0 Å². The molecule has 2 aromatic heterocycles. The first-order chi connectivity index (χ1) is 28.3. The Morgan fingerprint density at radius 2 is 1.10 bits per heavy atom. The van der Waals surface area contributed by atoms with Gasteiger partial charge in [-0.25, -0.2) is 14.8 Å². The summed E-state index contributed by atoms with van der Waals surface area (Å²) in [5.74, 6) is -0.795. The molecule has 6 aromatic rings. The molecule has 0 aliphatic carbocycles. The molecule has 0 unspecified atom stereocenters. The molecule has 10 nitrogen and oxygen atoms in total. The fraction of sp³-hybridized carbons (Fsp3) is 0.184. The Labute approximate surface area is 384 Å². The number of carbonyl (C=O) groups excluding carboxylic acids is 1. The van der Waals surface area contributed by atoms with Crippen molar-refractivity contribution < 1.29 is 75.5 Å². The van der Waals surface area contributed by atoms with Crippen molar-refractivity contribution in [3.63, 3.8) is 0 Å². The number of carbonyl (C=O) groups is 1.